The third-order valence-corrected chi connectivity index (χ3v) is 2.86. The van der Waals surface area contributed by atoms with E-state index < -0.39 is 31.7 Å². The average molecular weight is 247 g/mol. The van der Waals surface area contributed by atoms with Crippen molar-refractivity contribution in [2.45, 2.75) is 0 Å². The third-order valence-electron chi connectivity index (χ3n) is 1.46. The lowest BCUT2D eigenvalue weighted by Gasteiger charge is -2.13. The first kappa shape index (κ1) is 13.8. The second kappa shape index (κ2) is 5.03. The van der Waals surface area contributed by atoms with Crippen LogP contribution in [0.15, 0.2) is 0 Å². The molecule has 0 atom stereocenters. The van der Waals surface area contributed by atoms with E-state index in [4.69, 9.17) is 9.11 Å². The Hall–Kier alpha value is -0.220. The van der Waals surface area contributed by atoms with Gasteiger partial charge in [0.05, 0.1) is 11.5 Å². The zero-order valence-electron chi connectivity index (χ0n) is 7.62. The normalized spacial score (nSPS) is 13.4. The van der Waals surface area contributed by atoms with Crippen molar-refractivity contribution >= 4 is 20.2 Å². The number of hydrogen-bond donors (Lipinski definition) is 2. The Bertz CT molecular complexity index is 322. The highest BCUT2D eigenvalue weighted by molar-refractivity contribution is 7.86. The first-order valence-corrected chi connectivity index (χ1v) is 6.91. The van der Waals surface area contributed by atoms with Gasteiger partial charge in [-0.15, -0.1) is 0 Å². The SMILES string of the molecule is CN(CCS(=O)(=O)O)CCS(=O)(=O)O. The molecule has 0 aromatic carbocycles. The molecule has 9 heteroatoms. The predicted octanol–water partition coefficient (Wildman–Crippen LogP) is -1.31. The molecule has 0 heterocycles. The molecule has 2 N–H and O–H groups in total. The molecular formula is C5H13NO6S2. The van der Waals surface area contributed by atoms with Gasteiger partial charge in [0.25, 0.3) is 20.2 Å². The van der Waals surface area contributed by atoms with E-state index in [0.29, 0.717) is 0 Å². The Kier molecular flexibility index (Phi) is 4.95. The molecule has 14 heavy (non-hydrogen) atoms. The molecule has 0 rings (SSSR count). The molecule has 0 aliphatic carbocycles. The molecule has 0 fully saturated rings. The second-order valence-electron chi connectivity index (χ2n) is 2.88. The first-order valence-electron chi connectivity index (χ1n) is 3.69. The Morgan fingerprint density at radius 2 is 1.21 bits per heavy atom. The van der Waals surface area contributed by atoms with E-state index in [1.165, 1.54) is 11.9 Å². The largest absolute Gasteiger partial charge is 0.304 e. The van der Waals surface area contributed by atoms with Crippen LogP contribution in [0, 0.1) is 0 Å². The molecule has 0 saturated carbocycles. The van der Waals surface area contributed by atoms with Gasteiger partial charge >= 0.3 is 0 Å². The number of hydrogen-bond acceptors (Lipinski definition) is 5. The summed E-state index contributed by atoms with van der Waals surface area (Å²) in [6.07, 6.45) is 0. The fraction of sp³-hybridized carbons (Fsp3) is 1.00. The summed E-state index contributed by atoms with van der Waals surface area (Å²) < 4.78 is 57.9. The van der Waals surface area contributed by atoms with Gasteiger partial charge in [0.2, 0.25) is 0 Å². The lowest BCUT2D eigenvalue weighted by Crippen LogP contribution is -2.30. The van der Waals surface area contributed by atoms with Crippen molar-refractivity contribution in [1.82, 2.24) is 4.90 Å². The zero-order valence-corrected chi connectivity index (χ0v) is 9.25. The molecule has 0 bridgehead atoms. The van der Waals surface area contributed by atoms with Gasteiger partial charge in [-0.05, 0) is 7.05 Å². The summed E-state index contributed by atoms with van der Waals surface area (Å²) >= 11 is 0. The van der Waals surface area contributed by atoms with Crippen LogP contribution in [0.3, 0.4) is 0 Å². The van der Waals surface area contributed by atoms with Gasteiger partial charge < -0.3 is 4.90 Å². The molecule has 0 aromatic heterocycles. The van der Waals surface area contributed by atoms with Crippen molar-refractivity contribution < 1.29 is 25.9 Å². The van der Waals surface area contributed by atoms with Crippen molar-refractivity contribution in [3.8, 4) is 0 Å². The summed E-state index contributed by atoms with van der Waals surface area (Å²) in [5, 5.41) is 0. The van der Waals surface area contributed by atoms with E-state index in [-0.39, 0.29) is 13.1 Å². The van der Waals surface area contributed by atoms with Gasteiger partial charge in [-0.3, -0.25) is 9.11 Å². The molecule has 0 unspecified atom stereocenters. The fourth-order valence-corrected chi connectivity index (χ4v) is 1.74. The summed E-state index contributed by atoms with van der Waals surface area (Å²) in [6, 6.07) is 0. The Labute approximate surface area is 83.2 Å². The van der Waals surface area contributed by atoms with E-state index in [0.717, 1.165) is 0 Å². The van der Waals surface area contributed by atoms with Gasteiger partial charge in [0.1, 0.15) is 0 Å². The summed E-state index contributed by atoms with van der Waals surface area (Å²) in [6.45, 7) is 0.0166. The van der Waals surface area contributed by atoms with Gasteiger partial charge in [0, 0.05) is 13.1 Å². The summed E-state index contributed by atoms with van der Waals surface area (Å²) in [5.41, 5.74) is 0. The summed E-state index contributed by atoms with van der Waals surface area (Å²) in [4.78, 5) is 1.38. The molecule has 0 aliphatic rings. The number of rotatable bonds is 6. The van der Waals surface area contributed by atoms with Crippen LogP contribution in [0.25, 0.3) is 0 Å². The first-order chi connectivity index (χ1) is 6.10. The van der Waals surface area contributed by atoms with Crippen molar-refractivity contribution in [2.75, 3.05) is 31.6 Å². The van der Waals surface area contributed by atoms with Crippen LogP contribution in [0.5, 0.6) is 0 Å². The van der Waals surface area contributed by atoms with E-state index in [2.05, 4.69) is 0 Å². The minimum atomic E-state index is -4.03. The maximum atomic E-state index is 10.3. The molecule has 0 amide bonds. The smallest absolute Gasteiger partial charge is 0.266 e. The van der Waals surface area contributed by atoms with Gasteiger partial charge in [-0.2, -0.15) is 16.8 Å². The third kappa shape index (κ3) is 9.86. The Balaban J connectivity index is 3.84. The predicted molar refractivity (Wildman–Crippen MR) is 50.3 cm³/mol. The fourth-order valence-electron chi connectivity index (χ4n) is 0.654. The lowest BCUT2D eigenvalue weighted by molar-refractivity contribution is 0.362. The van der Waals surface area contributed by atoms with Crippen molar-refractivity contribution in [1.29, 1.82) is 0 Å². The van der Waals surface area contributed by atoms with E-state index in [1.54, 1.807) is 0 Å². The van der Waals surface area contributed by atoms with Crippen LogP contribution in [0.1, 0.15) is 0 Å². The second-order valence-corrected chi connectivity index (χ2v) is 6.02. The monoisotopic (exact) mass is 247 g/mol. The molecule has 0 saturated heterocycles. The standard InChI is InChI=1S/C5H13NO6S2/c1-6(2-4-13(7,8)9)3-5-14(10,11)12/h2-5H2,1H3,(H,7,8,9)(H,10,11,12). The van der Waals surface area contributed by atoms with Crippen molar-refractivity contribution in [3.63, 3.8) is 0 Å². The molecule has 0 radical (unpaired) electrons. The molecule has 86 valence electrons. The van der Waals surface area contributed by atoms with E-state index >= 15 is 0 Å². The van der Waals surface area contributed by atoms with Crippen molar-refractivity contribution in [2.24, 2.45) is 0 Å². The Morgan fingerprint density at radius 1 is 0.929 bits per heavy atom. The molecule has 0 spiro atoms. The molecule has 7 nitrogen and oxygen atoms in total. The highest BCUT2D eigenvalue weighted by Crippen LogP contribution is 1.90. The van der Waals surface area contributed by atoms with Crippen LogP contribution in [-0.2, 0) is 20.2 Å². The summed E-state index contributed by atoms with van der Waals surface area (Å²) in [5.74, 6) is -0.927. The summed E-state index contributed by atoms with van der Waals surface area (Å²) in [7, 11) is -6.57. The van der Waals surface area contributed by atoms with Crippen LogP contribution in [0.4, 0.5) is 0 Å². The minimum Gasteiger partial charge on any atom is -0.304 e. The minimum absolute atomic E-state index is 0.00829. The molecule has 0 aromatic rings. The highest BCUT2D eigenvalue weighted by Gasteiger charge is 2.10. The highest BCUT2D eigenvalue weighted by atomic mass is 32.2. The van der Waals surface area contributed by atoms with Gasteiger partial charge in [-0.1, -0.05) is 0 Å². The molecular weight excluding hydrogens is 234 g/mol. The van der Waals surface area contributed by atoms with Crippen LogP contribution < -0.4 is 0 Å². The van der Waals surface area contributed by atoms with Gasteiger partial charge in [0.15, 0.2) is 0 Å². The molecule has 0 aliphatic heterocycles. The van der Waals surface area contributed by atoms with E-state index in [1.807, 2.05) is 0 Å². The van der Waals surface area contributed by atoms with Crippen LogP contribution in [0.2, 0.25) is 0 Å². The lowest BCUT2D eigenvalue weighted by atomic mass is 10.6. The van der Waals surface area contributed by atoms with Gasteiger partial charge in [-0.25, -0.2) is 0 Å². The average Bonchev–Trinajstić information content (AvgIpc) is 1.94. The van der Waals surface area contributed by atoms with Crippen LogP contribution >= 0.6 is 0 Å². The Morgan fingerprint density at radius 3 is 1.43 bits per heavy atom. The van der Waals surface area contributed by atoms with E-state index in [9.17, 15) is 16.8 Å². The number of nitrogens with zero attached hydrogens (tertiary/aromatic N) is 1. The maximum Gasteiger partial charge on any atom is 0.266 e. The van der Waals surface area contributed by atoms with Crippen molar-refractivity contribution in [3.05, 3.63) is 0 Å². The maximum absolute atomic E-state index is 10.3. The quantitative estimate of drug-likeness (QED) is 0.560. The van der Waals surface area contributed by atoms with Crippen LogP contribution in [-0.4, -0.2) is 62.5 Å². The zero-order chi connectivity index (χ0) is 11.4. The topological polar surface area (TPSA) is 112 Å².